The fraction of sp³-hybridized carbons (Fsp3) is 0.500. The molecule has 0 aliphatic carbocycles. The lowest BCUT2D eigenvalue weighted by Gasteiger charge is -2.03. The number of carbonyl (C=O) groups is 1. The van der Waals surface area contributed by atoms with Gasteiger partial charge in [-0.05, 0) is 12.8 Å². The van der Waals surface area contributed by atoms with Crippen LogP contribution < -0.4 is 0 Å². The minimum atomic E-state index is -0.844. The first-order chi connectivity index (χ1) is 7.13. The Morgan fingerprint density at radius 3 is 2.80 bits per heavy atom. The molecule has 1 N–H and O–H groups in total. The Morgan fingerprint density at radius 1 is 1.53 bits per heavy atom. The van der Waals surface area contributed by atoms with E-state index in [4.69, 9.17) is 16.7 Å². The van der Waals surface area contributed by atoms with Crippen LogP contribution >= 0.6 is 11.6 Å². The number of hydrogen-bond acceptors (Lipinski definition) is 3. The van der Waals surface area contributed by atoms with Crippen LogP contribution in [0.5, 0.6) is 0 Å². The first-order valence-electron chi connectivity index (χ1n) is 4.85. The van der Waals surface area contributed by atoms with E-state index in [1.165, 1.54) is 0 Å². The summed E-state index contributed by atoms with van der Waals surface area (Å²) in [6.45, 7) is 2.04. The maximum absolute atomic E-state index is 10.4. The van der Waals surface area contributed by atoms with Crippen LogP contribution in [-0.4, -0.2) is 21.0 Å². The van der Waals surface area contributed by atoms with Crippen LogP contribution in [0.2, 0.25) is 5.15 Å². The van der Waals surface area contributed by atoms with Crippen molar-refractivity contribution in [1.82, 2.24) is 9.97 Å². The van der Waals surface area contributed by atoms with E-state index in [-0.39, 0.29) is 6.42 Å². The molecule has 0 bridgehead atoms. The Hall–Kier alpha value is -1.16. The van der Waals surface area contributed by atoms with E-state index in [0.717, 1.165) is 12.8 Å². The molecule has 0 aromatic carbocycles. The number of carboxylic acid groups (broad SMARTS) is 1. The van der Waals surface area contributed by atoms with E-state index in [1.807, 2.05) is 6.92 Å². The summed E-state index contributed by atoms with van der Waals surface area (Å²) >= 11 is 5.90. The SMILES string of the molecule is CCCc1ncc(CCC(=O)O)c(Cl)n1. The lowest BCUT2D eigenvalue weighted by atomic mass is 10.2. The molecule has 0 aliphatic heterocycles. The Kier molecular flexibility index (Phi) is 4.49. The standard InChI is InChI=1S/C10H13ClN2O2/c1-2-3-8-12-6-7(10(11)13-8)4-5-9(14)15/h6H,2-5H2,1H3,(H,14,15). The zero-order valence-electron chi connectivity index (χ0n) is 8.53. The first kappa shape index (κ1) is 11.9. The summed E-state index contributed by atoms with van der Waals surface area (Å²) in [5.74, 6) is -0.134. The van der Waals surface area contributed by atoms with Gasteiger partial charge >= 0.3 is 5.97 Å². The van der Waals surface area contributed by atoms with Crippen LogP contribution in [0.1, 0.15) is 31.2 Å². The number of halogens is 1. The highest BCUT2D eigenvalue weighted by molar-refractivity contribution is 6.30. The number of rotatable bonds is 5. The molecular weight excluding hydrogens is 216 g/mol. The molecule has 4 nitrogen and oxygen atoms in total. The molecule has 0 amide bonds. The molecule has 0 aliphatic rings. The number of nitrogens with zero attached hydrogens (tertiary/aromatic N) is 2. The van der Waals surface area contributed by atoms with Gasteiger partial charge in [0.15, 0.2) is 0 Å². The summed E-state index contributed by atoms with van der Waals surface area (Å²) in [5.41, 5.74) is 0.693. The Morgan fingerprint density at radius 2 is 2.27 bits per heavy atom. The molecule has 0 unspecified atom stereocenters. The third-order valence-corrected chi connectivity index (χ3v) is 2.27. The molecule has 1 aromatic rings. The van der Waals surface area contributed by atoms with Crippen LogP contribution in [0, 0.1) is 0 Å². The minimum Gasteiger partial charge on any atom is -0.481 e. The number of aryl methyl sites for hydroxylation is 2. The Balaban J connectivity index is 2.70. The van der Waals surface area contributed by atoms with Crippen molar-refractivity contribution in [2.45, 2.75) is 32.6 Å². The molecule has 1 aromatic heterocycles. The number of carboxylic acids is 1. The molecule has 0 fully saturated rings. The van der Waals surface area contributed by atoms with Gasteiger partial charge in [-0.15, -0.1) is 0 Å². The lowest BCUT2D eigenvalue weighted by molar-refractivity contribution is -0.136. The molecule has 5 heteroatoms. The zero-order chi connectivity index (χ0) is 11.3. The third kappa shape index (κ3) is 3.83. The first-order valence-corrected chi connectivity index (χ1v) is 5.23. The highest BCUT2D eigenvalue weighted by Crippen LogP contribution is 2.14. The zero-order valence-corrected chi connectivity index (χ0v) is 9.29. The minimum absolute atomic E-state index is 0.0518. The van der Waals surface area contributed by atoms with Crippen molar-refractivity contribution in [3.05, 3.63) is 22.7 Å². The van der Waals surface area contributed by atoms with Gasteiger partial charge in [-0.2, -0.15) is 0 Å². The smallest absolute Gasteiger partial charge is 0.303 e. The molecule has 1 heterocycles. The highest BCUT2D eigenvalue weighted by atomic mass is 35.5. The Bertz CT molecular complexity index is 355. The largest absolute Gasteiger partial charge is 0.481 e. The highest BCUT2D eigenvalue weighted by Gasteiger charge is 2.06. The van der Waals surface area contributed by atoms with Crippen molar-refractivity contribution < 1.29 is 9.90 Å². The molecule has 0 saturated heterocycles. The fourth-order valence-electron chi connectivity index (χ4n) is 1.17. The molecule has 0 spiro atoms. The van der Waals surface area contributed by atoms with Crippen molar-refractivity contribution in [3.63, 3.8) is 0 Å². The second-order valence-electron chi connectivity index (χ2n) is 3.25. The van der Waals surface area contributed by atoms with Gasteiger partial charge in [-0.25, -0.2) is 9.97 Å². The molecule has 15 heavy (non-hydrogen) atoms. The van der Waals surface area contributed by atoms with Gasteiger partial charge in [0, 0.05) is 24.6 Å². The fourth-order valence-corrected chi connectivity index (χ4v) is 1.41. The summed E-state index contributed by atoms with van der Waals surface area (Å²) in [6.07, 6.45) is 3.80. The summed E-state index contributed by atoms with van der Waals surface area (Å²) < 4.78 is 0. The molecular formula is C10H13ClN2O2. The van der Waals surface area contributed by atoms with Crippen molar-refractivity contribution in [1.29, 1.82) is 0 Å². The average molecular weight is 229 g/mol. The predicted molar refractivity (Wildman–Crippen MR) is 57.0 cm³/mol. The van der Waals surface area contributed by atoms with Crippen molar-refractivity contribution in [2.75, 3.05) is 0 Å². The second kappa shape index (κ2) is 5.66. The van der Waals surface area contributed by atoms with Gasteiger partial charge in [-0.3, -0.25) is 4.79 Å². The summed E-state index contributed by atoms with van der Waals surface area (Å²) in [7, 11) is 0. The van der Waals surface area contributed by atoms with Crippen molar-refractivity contribution >= 4 is 17.6 Å². The summed E-state index contributed by atoms with van der Waals surface area (Å²) in [4.78, 5) is 18.6. The number of aromatic nitrogens is 2. The van der Waals surface area contributed by atoms with E-state index < -0.39 is 5.97 Å². The van der Waals surface area contributed by atoms with Crippen molar-refractivity contribution in [2.24, 2.45) is 0 Å². The molecule has 0 radical (unpaired) electrons. The number of hydrogen-bond donors (Lipinski definition) is 1. The van der Waals surface area contributed by atoms with Crippen LogP contribution in [0.3, 0.4) is 0 Å². The summed E-state index contributed by atoms with van der Waals surface area (Å²) in [5, 5.41) is 8.89. The van der Waals surface area contributed by atoms with E-state index >= 15 is 0 Å². The maximum Gasteiger partial charge on any atom is 0.303 e. The van der Waals surface area contributed by atoms with Crippen LogP contribution in [-0.2, 0) is 17.6 Å². The number of aliphatic carboxylic acids is 1. The predicted octanol–water partition coefficient (Wildman–Crippen LogP) is 2.10. The van der Waals surface area contributed by atoms with E-state index in [2.05, 4.69) is 9.97 Å². The molecule has 82 valence electrons. The Labute approximate surface area is 93.3 Å². The summed E-state index contributed by atoms with van der Waals surface area (Å²) in [6, 6.07) is 0. The van der Waals surface area contributed by atoms with Gasteiger partial charge in [0.05, 0.1) is 0 Å². The normalized spacial score (nSPS) is 10.3. The molecule has 1 rings (SSSR count). The van der Waals surface area contributed by atoms with Gasteiger partial charge in [0.1, 0.15) is 11.0 Å². The van der Waals surface area contributed by atoms with E-state index in [9.17, 15) is 4.79 Å². The van der Waals surface area contributed by atoms with Gasteiger partial charge in [0.2, 0.25) is 0 Å². The molecule has 0 saturated carbocycles. The van der Waals surface area contributed by atoms with Gasteiger partial charge < -0.3 is 5.11 Å². The van der Waals surface area contributed by atoms with Crippen LogP contribution in [0.25, 0.3) is 0 Å². The lowest BCUT2D eigenvalue weighted by Crippen LogP contribution is -2.02. The average Bonchev–Trinajstić information content (AvgIpc) is 2.17. The van der Waals surface area contributed by atoms with E-state index in [1.54, 1.807) is 6.20 Å². The molecule has 0 atom stereocenters. The van der Waals surface area contributed by atoms with Crippen LogP contribution in [0.4, 0.5) is 0 Å². The quantitative estimate of drug-likeness (QED) is 0.784. The van der Waals surface area contributed by atoms with Gasteiger partial charge in [-0.1, -0.05) is 18.5 Å². The maximum atomic E-state index is 10.4. The second-order valence-corrected chi connectivity index (χ2v) is 3.60. The van der Waals surface area contributed by atoms with Crippen LogP contribution in [0.15, 0.2) is 6.20 Å². The van der Waals surface area contributed by atoms with E-state index in [0.29, 0.717) is 23.0 Å². The van der Waals surface area contributed by atoms with Crippen molar-refractivity contribution in [3.8, 4) is 0 Å². The van der Waals surface area contributed by atoms with Gasteiger partial charge in [0.25, 0.3) is 0 Å². The topological polar surface area (TPSA) is 63.1 Å². The third-order valence-electron chi connectivity index (χ3n) is 1.94. The monoisotopic (exact) mass is 228 g/mol.